The zero-order valence-corrected chi connectivity index (χ0v) is 11.5. The van der Waals surface area contributed by atoms with Crippen molar-refractivity contribution in [3.8, 4) is 0 Å². The van der Waals surface area contributed by atoms with Crippen LogP contribution >= 0.6 is 0 Å². The Labute approximate surface area is 121 Å². The minimum Gasteiger partial charge on any atom is -0.480 e. The third-order valence-electron chi connectivity index (χ3n) is 2.87. The fraction of sp³-hybridized carbons (Fsp3) is 0.133. The molecule has 0 aliphatic carbocycles. The maximum atomic E-state index is 12.5. The molecule has 0 spiro atoms. The summed E-state index contributed by atoms with van der Waals surface area (Å²) in [5.41, 5.74) is 7.38. The van der Waals surface area contributed by atoms with E-state index in [4.69, 9.17) is 10.8 Å². The molecule has 1 aromatic heterocycles. The molecule has 2 aromatic rings. The van der Waals surface area contributed by atoms with Crippen LogP contribution in [0.2, 0.25) is 0 Å². The van der Waals surface area contributed by atoms with Gasteiger partial charge in [0.05, 0.1) is 11.4 Å². The molecule has 0 fully saturated rings. The van der Waals surface area contributed by atoms with E-state index in [1.807, 2.05) is 0 Å². The number of pyridine rings is 1. The minimum atomic E-state index is -1.13. The van der Waals surface area contributed by atoms with Gasteiger partial charge in [0.25, 0.3) is 5.91 Å². The zero-order valence-electron chi connectivity index (χ0n) is 11.5. The zero-order chi connectivity index (χ0) is 15.4. The molecule has 1 aromatic carbocycles. The summed E-state index contributed by atoms with van der Waals surface area (Å²) in [6.07, 6.45) is 0. The molecule has 3 N–H and O–H groups in total. The van der Waals surface area contributed by atoms with Crippen molar-refractivity contribution in [1.82, 2.24) is 4.98 Å². The number of carbonyl (C=O) groups is 2. The summed E-state index contributed by atoms with van der Waals surface area (Å²) in [6, 6.07) is 11.6. The number of hydrogen-bond acceptors (Lipinski definition) is 4. The normalized spacial score (nSPS) is 10.1. The van der Waals surface area contributed by atoms with Crippen molar-refractivity contribution < 1.29 is 14.7 Å². The first-order valence-electron chi connectivity index (χ1n) is 6.31. The van der Waals surface area contributed by atoms with Gasteiger partial charge in [0.15, 0.2) is 0 Å². The van der Waals surface area contributed by atoms with E-state index in [-0.39, 0.29) is 5.69 Å². The number of aromatic nitrogens is 1. The first-order chi connectivity index (χ1) is 9.99. The van der Waals surface area contributed by atoms with Gasteiger partial charge in [-0.2, -0.15) is 0 Å². The van der Waals surface area contributed by atoms with Gasteiger partial charge >= 0.3 is 5.97 Å². The first kappa shape index (κ1) is 14.5. The smallest absolute Gasteiger partial charge is 0.323 e. The highest BCUT2D eigenvalue weighted by molar-refractivity contribution is 6.08. The van der Waals surface area contributed by atoms with Crippen LogP contribution in [-0.2, 0) is 4.79 Å². The van der Waals surface area contributed by atoms with Gasteiger partial charge in [-0.05, 0) is 31.2 Å². The lowest BCUT2D eigenvalue weighted by atomic mass is 10.2. The molecule has 0 aliphatic heterocycles. The molecule has 108 valence electrons. The summed E-state index contributed by atoms with van der Waals surface area (Å²) < 4.78 is 0. The number of nitrogens with two attached hydrogens (primary N) is 1. The Morgan fingerprint density at radius 3 is 2.52 bits per heavy atom. The SMILES string of the molecule is Cc1cccc(C(=O)N(CC(=O)O)c2ccccc2N)n1. The Morgan fingerprint density at radius 2 is 1.90 bits per heavy atom. The number of nitrogen functional groups attached to an aromatic ring is 1. The number of nitrogens with zero attached hydrogens (tertiary/aromatic N) is 2. The molecule has 1 amide bonds. The lowest BCUT2D eigenvalue weighted by Gasteiger charge is -2.22. The number of hydrogen-bond donors (Lipinski definition) is 2. The van der Waals surface area contributed by atoms with Crippen LogP contribution in [0, 0.1) is 6.92 Å². The Morgan fingerprint density at radius 1 is 1.19 bits per heavy atom. The number of para-hydroxylation sites is 2. The molecule has 0 saturated carbocycles. The molecule has 6 heteroatoms. The summed E-state index contributed by atoms with van der Waals surface area (Å²) in [5.74, 6) is -1.63. The van der Waals surface area contributed by atoms with E-state index in [1.165, 1.54) is 0 Å². The van der Waals surface area contributed by atoms with E-state index in [0.29, 0.717) is 17.1 Å². The van der Waals surface area contributed by atoms with Gasteiger partial charge in [0.1, 0.15) is 12.2 Å². The largest absolute Gasteiger partial charge is 0.480 e. The van der Waals surface area contributed by atoms with Crippen LogP contribution in [0.25, 0.3) is 0 Å². The van der Waals surface area contributed by atoms with E-state index in [1.54, 1.807) is 49.4 Å². The number of carboxylic acid groups (broad SMARTS) is 1. The number of carboxylic acids is 1. The second-order valence-electron chi connectivity index (χ2n) is 4.51. The van der Waals surface area contributed by atoms with Crippen LogP contribution in [-0.4, -0.2) is 28.5 Å². The van der Waals surface area contributed by atoms with Crippen LogP contribution in [0.5, 0.6) is 0 Å². The second kappa shape index (κ2) is 6.04. The van der Waals surface area contributed by atoms with E-state index in [0.717, 1.165) is 4.90 Å². The summed E-state index contributed by atoms with van der Waals surface area (Å²) in [6.45, 7) is 1.28. The minimum absolute atomic E-state index is 0.180. The molecular formula is C15H15N3O3. The predicted molar refractivity (Wildman–Crippen MR) is 79.1 cm³/mol. The number of anilines is 2. The highest BCUT2D eigenvalue weighted by atomic mass is 16.4. The van der Waals surface area contributed by atoms with Crippen LogP contribution in [0.3, 0.4) is 0 Å². The molecule has 6 nitrogen and oxygen atoms in total. The predicted octanol–water partition coefficient (Wildman–Crippen LogP) is 1.70. The van der Waals surface area contributed by atoms with Crippen molar-refractivity contribution in [3.05, 3.63) is 53.9 Å². The highest BCUT2D eigenvalue weighted by Gasteiger charge is 2.23. The van der Waals surface area contributed by atoms with E-state index < -0.39 is 18.4 Å². The van der Waals surface area contributed by atoms with Gasteiger partial charge in [-0.3, -0.25) is 14.5 Å². The van der Waals surface area contributed by atoms with Gasteiger partial charge in [-0.15, -0.1) is 0 Å². The average Bonchev–Trinajstić information content (AvgIpc) is 2.45. The standard InChI is InChI=1S/C15H15N3O3/c1-10-5-4-7-12(17-10)15(21)18(9-14(19)20)13-8-3-2-6-11(13)16/h2-8H,9,16H2,1H3,(H,19,20). The maximum absolute atomic E-state index is 12.5. The Kier molecular flexibility index (Phi) is 4.18. The topological polar surface area (TPSA) is 96.5 Å². The number of amides is 1. The number of rotatable bonds is 4. The van der Waals surface area contributed by atoms with Crippen molar-refractivity contribution in [2.24, 2.45) is 0 Å². The second-order valence-corrected chi connectivity index (χ2v) is 4.51. The van der Waals surface area contributed by atoms with Gasteiger partial charge in [-0.1, -0.05) is 18.2 Å². The van der Waals surface area contributed by atoms with E-state index >= 15 is 0 Å². The number of aliphatic carboxylic acids is 1. The van der Waals surface area contributed by atoms with Crippen molar-refractivity contribution in [1.29, 1.82) is 0 Å². The van der Waals surface area contributed by atoms with Crippen molar-refractivity contribution in [2.45, 2.75) is 6.92 Å². The van der Waals surface area contributed by atoms with Crippen LogP contribution < -0.4 is 10.6 Å². The van der Waals surface area contributed by atoms with Gasteiger partial charge in [0, 0.05) is 5.69 Å². The highest BCUT2D eigenvalue weighted by Crippen LogP contribution is 2.23. The molecule has 2 rings (SSSR count). The summed E-state index contributed by atoms with van der Waals surface area (Å²) in [4.78, 5) is 28.8. The van der Waals surface area contributed by atoms with Crippen LogP contribution in [0.1, 0.15) is 16.2 Å². The van der Waals surface area contributed by atoms with Crippen LogP contribution in [0.15, 0.2) is 42.5 Å². The molecule has 0 bridgehead atoms. The van der Waals surface area contributed by atoms with Gasteiger partial charge in [0.2, 0.25) is 0 Å². The molecule has 0 radical (unpaired) electrons. The lowest BCUT2D eigenvalue weighted by Crippen LogP contribution is -2.36. The van der Waals surface area contributed by atoms with Crippen molar-refractivity contribution in [2.75, 3.05) is 17.2 Å². The third kappa shape index (κ3) is 3.36. The molecule has 0 atom stereocenters. The fourth-order valence-electron chi connectivity index (χ4n) is 1.94. The maximum Gasteiger partial charge on any atom is 0.323 e. The molecular weight excluding hydrogens is 270 g/mol. The Hall–Kier alpha value is -2.89. The fourth-order valence-corrected chi connectivity index (χ4v) is 1.94. The van der Waals surface area contributed by atoms with Crippen molar-refractivity contribution in [3.63, 3.8) is 0 Å². The van der Waals surface area contributed by atoms with Crippen LogP contribution in [0.4, 0.5) is 11.4 Å². The monoisotopic (exact) mass is 285 g/mol. The molecule has 1 heterocycles. The molecule has 0 unspecified atom stereocenters. The summed E-state index contributed by atoms with van der Waals surface area (Å²) >= 11 is 0. The third-order valence-corrected chi connectivity index (χ3v) is 2.87. The summed E-state index contributed by atoms with van der Waals surface area (Å²) in [5, 5.41) is 9.03. The Balaban J connectivity index is 2.43. The molecule has 21 heavy (non-hydrogen) atoms. The van der Waals surface area contributed by atoms with Gasteiger partial charge < -0.3 is 10.8 Å². The lowest BCUT2D eigenvalue weighted by molar-refractivity contribution is -0.135. The quantitative estimate of drug-likeness (QED) is 0.833. The summed E-state index contributed by atoms with van der Waals surface area (Å²) in [7, 11) is 0. The molecule has 0 aliphatic rings. The average molecular weight is 285 g/mol. The van der Waals surface area contributed by atoms with Gasteiger partial charge in [-0.25, -0.2) is 4.98 Å². The number of benzene rings is 1. The van der Waals surface area contributed by atoms with E-state index in [9.17, 15) is 9.59 Å². The van der Waals surface area contributed by atoms with E-state index in [2.05, 4.69) is 4.98 Å². The van der Waals surface area contributed by atoms with Crippen molar-refractivity contribution >= 4 is 23.3 Å². The number of aryl methyl sites for hydroxylation is 1. The number of carbonyl (C=O) groups excluding carboxylic acids is 1. The molecule has 0 saturated heterocycles. The Bertz CT molecular complexity index is 685. The first-order valence-corrected chi connectivity index (χ1v) is 6.31.